The van der Waals surface area contributed by atoms with E-state index in [9.17, 15) is 87.5 Å². The van der Waals surface area contributed by atoms with Crippen molar-refractivity contribution in [3.8, 4) is 11.5 Å². The first-order valence-electron chi connectivity index (χ1n) is 41.7. The summed E-state index contributed by atoms with van der Waals surface area (Å²) in [6.45, 7) is 22.4. The first kappa shape index (κ1) is 99.0. The summed E-state index contributed by atoms with van der Waals surface area (Å²) in [6.07, 6.45) is 2.63. The fourth-order valence-electron chi connectivity index (χ4n) is 15.1. The minimum atomic E-state index is -1.13. The number of nitrogens with zero attached hydrogens (tertiary/aromatic N) is 6. The van der Waals surface area contributed by atoms with E-state index in [4.69, 9.17) is 9.47 Å². The highest BCUT2D eigenvalue weighted by atomic mass is 32.1. The number of carboxylic acids is 2. The lowest BCUT2D eigenvalue weighted by atomic mass is 9.92. The number of Topliss-reactive ketones (excluding diaryl/α,β-unsaturated/α-hetero) is 2. The molecule has 2 fully saturated rings. The number of benzene rings is 2. The van der Waals surface area contributed by atoms with Crippen LogP contribution in [0, 0.1) is 35.5 Å². The standard InChI is InChI=1S/C86H126N12O20S2/c1-17-49(7)75(93-79(109)65-23-19-21-35-95(65)13)83(111)97(15)67(47(3)4)43-71(117-53(11)99)81-91-63(45-119-81)77(107)87-57(37-51(9)85(113)114)39-55-25-31-69(103)61(41-55)89-73(105)33-29-59(101)27-28-60(102)30-34-74(106)90-62-42-56(26-32-70(62)104)40-58(38-52(10)86(115)116)88-78(108)64-46-120-82(92-64)72(118-54(12)100)44-68(48(5)6)98(16)84(112)76(50(8)18-2)94-80(110)66-24-20-22-36-96(66)14/h25-26,31-32,41-42,45-52,57-58,65-68,71-72,75-76,103-104H,17-24,27-30,33-40,43-44H2,1-16H3,(H,87,107)(H,88,108)(H,89,105)(H,90,106)(H,93,109)(H,94,110)(H,113,114)(H,115,116)/t49-,50-,51?,52?,57+,58+,65+,66+,67+,68+,71+,72+,75-,76-/m0/s1. The van der Waals surface area contributed by atoms with Gasteiger partial charge in [-0.15, -0.1) is 22.7 Å². The SMILES string of the molecule is CC[C@H](C)[C@H](NC(=O)[C@H]1CCCCN1C)C(=O)N(C)[C@H](C[C@@H](OC(C)=O)c1nc(C(=O)N[C@@H](Cc2ccc(O)c(NC(=O)CCC(=O)CCC(=O)CCC(=O)Nc3cc(C[C@@H](CC(C)C(=O)O)NC(=O)c4csc([C@@H](C[C@H](C(C)C)N(C)C(=O)[C@@H](NC(=O)[C@H]5CCCCN5C)[C@@H](C)CC)OC(C)=O)n4)ccc3O)c2)CC(C)C(=O)O)cs1)C(C)C. The van der Waals surface area contributed by atoms with Crippen molar-refractivity contribution in [2.24, 2.45) is 35.5 Å². The van der Waals surface area contributed by atoms with Crippen molar-refractivity contribution >= 4 is 117 Å². The highest BCUT2D eigenvalue weighted by Crippen LogP contribution is 2.35. The smallest absolute Gasteiger partial charge is 0.306 e. The number of anilines is 2. The monoisotopic (exact) mass is 1710 g/mol. The molecule has 32 nitrogen and oxygen atoms in total. The van der Waals surface area contributed by atoms with Crippen LogP contribution in [0.1, 0.15) is 253 Å². The number of likely N-dealkylation sites (tertiary alicyclic amines) is 2. The van der Waals surface area contributed by atoms with E-state index in [1.54, 1.807) is 23.9 Å². The predicted octanol–water partition coefficient (Wildman–Crippen LogP) is 9.96. The number of aromatic nitrogens is 2. The van der Waals surface area contributed by atoms with Crippen LogP contribution in [0.4, 0.5) is 11.4 Å². The number of aromatic hydroxyl groups is 2. The Morgan fingerprint density at radius 1 is 0.508 bits per heavy atom. The summed E-state index contributed by atoms with van der Waals surface area (Å²) in [7, 11) is 7.12. The summed E-state index contributed by atoms with van der Waals surface area (Å²) in [6, 6.07) is 3.41. The van der Waals surface area contributed by atoms with Gasteiger partial charge in [0.15, 0.2) is 12.2 Å². The molecule has 0 saturated carbocycles. The van der Waals surface area contributed by atoms with Gasteiger partial charge in [0.05, 0.1) is 35.3 Å². The molecule has 2 unspecified atom stereocenters. The molecule has 34 heteroatoms. The summed E-state index contributed by atoms with van der Waals surface area (Å²) in [5.74, 6) is -11.5. The number of aliphatic carboxylic acids is 2. The van der Waals surface area contributed by atoms with E-state index < -0.39 is 119 Å². The predicted molar refractivity (Wildman–Crippen MR) is 453 cm³/mol. The Hall–Kier alpha value is -9.80. The molecule has 4 heterocycles. The average molecular weight is 1710 g/mol. The molecule has 14 atom stereocenters. The summed E-state index contributed by atoms with van der Waals surface area (Å²) in [5.41, 5.74) is 0.720. The van der Waals surface area contributed by atoms with Gasteiger partial charge in [0.1, 0.15) is 56.6 Å². The van der Waals surface area contributed by atoms with Gasteiger partial charge in [-0.25, -0.2) is 9.97 Å². The number of hydrogen-bond acceptors (Lipinski definition) is 24. The summed E-state index contributed by atoms with van der Waals surface area (Å²) in [4.78, 5) is 203. The highest BCUT2D eigenvalue weighted by Gasteiger charge is 2.41. The van der Waals surface area contributed by atoms with Gasteiger partial charge in [0.2, 0.25) is 35.4 Å². The third-order valence-electron chi connectivity index (χ3n) is 22.9. The fraction of sp³-hybridized carbons (Fsp3) is 0.628. The van der Waals surface area contributed by atoms with Crippen LogP contribution in [0.25, 0.3) is 0 Å². The van der Waals surface area contributed by atoms with Gasteiger partial charge in [-0.2, -0.15) is 0 Å². The van der Waals surface area contributed by atoms with Crippen LogP contribution in [0.2, 0.25) is 0 Å². The largest absolute Gasteiger partial charge is 0.506 e. The number of rotatable bonds is 47. The fourth-order valence-corrected chi connectivity index (χ4v) is 16.8. The number of esters is 2. The zero-order valence-electron chi connectivity index (χ0n) is 72.2. The number of thiazole rings is 2. The van der Waals surface area contributed by atoms with Crippen molar-refractivity contribution in [1.29, 1.82) is 0 Å². The number of phenols is 2. The summed E-state index contributed by atoms with van der Waals surface area (Å²) in [5, 5.41) is 62.2. The Kier molecular flexibility index (Phi) is 39.1. The first-order chi connectivity index (χ1) is 56.6. The number of phenolic OH excluding ortho intramolecular Hbond substituents is 2. The van der Waals surface area contributed by atoms with E-state index in [1.165, 1.54) is 74.9 Å². The molecule has 0 radical (unpaired) electrons. The van der Waals surface area contributed by atoms with Gasteiger partial charge in [-0.3, -0.25) is 76.9 Å². The van der Waals surface area contributed by atoms with Crippen LogP contribution < -0.4 is 31.9 Å². The molecule has 120 heavy (non-hydrogen) atoms. The van der Waals surface area contributed by atoms with E-state index in [2.05, 4.69) is 41.9 Å². The van der Waals surface area contributed by atoms with E-state index in [1.807, 2.05) is 79.3 Å². The zero-order chi connectivity index (χ0) is 89.1. The Morgan fingerprint density at radius 2 is 0.858 bits per heavy atom. The number of amides is 8. The van der Waals surface area contributed by atoms with Gasteiger partial charge >= 0.3 is 23.9 Å². The number of ketones is 2. The van der Waals surface area contributed by atoms with Crippen LogP contribution in [0.5, 0.6) is 11.5 Å². The van der Waals surface area contributed by atoms with E-state index in [0.717, 1.165) is 61.4 Å². The number of ether oxygens (including phenoxy) is 2. The van der Waals surface area contributed by atoms with Crippen molar-refractivity contribution in [3.05, 3.63) is 79.7 Å². The number of piperidine rings is 2. The lowest BCUT2D eigenvalue weighted by molar-refractivity contribution is -0.150. The molecule has 4 aromatic rings. The van der Waals surface area contributed by atoms with Gasteiger partial charge in [0, 0.05) is 114 Å². The third kappa shape index (κ3) is 30.1. The van der Waals surface area contributed by atoms with Crippen LogP contribution >= 0.6 is 22.7 Å². The van der Waals surface area contributed by atoms with Crippen molar-refractivity contribution in [1.82, 2.24) is 50.8 Å². The van der Waals surface area contributed by atoms with Crippen molar-refractivity contribution in [2.45, 2.75) is 272 Å². The normalized spacial score (nSPS) is 17.5. The molecule has 2 aromatic carbocycles. The lowest BCUT2D eigenvalue weighted by Gasteiger charge is -2.38. The molecule has 10 N–H and O–H groups in total. The maximum absolute atomic E-state index is 14.5. The Balaban J connectivity index is 1.01. The van der Waals surface area contributed by atoms with E-state index in [-0.39, 0.29) is 181 Å². The van der Waals surface area contributed by atoms with Gasteiger partial charge in [-0.1, -0.05) is 107 Å². The maximum atomic E-state index is 14.5. The number of likely N-dealkylation sites (N-methyl/N-ethyl adjacent to an activating group) is 4. The van der Waals surface area contributed by atoms with Crippen molar-refractivity contribution in [3.63, 3.8) is 0 Å². The number of hydrogen-bond donors (Lipinski definition) is 10. The molecular weight excluding hydrogens is 1590 g/mol. The quantitative estimate of drug-likeness (QED) is 0.0145. The molecule has 8 amide bonds. The molecule has 0 bridgehead atoms. The van der Waals surface area contributed by atoms with Crippen LogP contribution in [0.15, 0.2) is 47.2 Å². The van der Waals surface area contributed by atoms with Gasteiger partial charge < -0.3 is 71.6 Å². The molecular formula is C86H126N12O20S2. The molecule has 2 aliphatic heterocycles. The van der Waals surface area contributed by atoms with Crippen molar-refractivity contribution < 1.29 is 97.0 Å². The summed E-state index contributed by atoms with van der Waals surface area (Å²) < 4.78 is 11.7. The second-order valence-electron chi connectivity index (χ2n) is 33.1. The van der Waals surface area contributed by atoms with Crippen LogP contribution in [-0.2, 0) is 79.8 Å². The molecule has 0 aliphatic carbocycles. The number of carbonyl (C=O) groups excluding carboxylic acids is 12. The topological polar surface area (TPSA) is 449 Å². The van der Waals surface area contributed by atoms with Crippen molar-refractivity contribution in [2.75, 3.05) is 51.9 Å². The molecule has 2 saturated heterocycles. The minimum Gasteiger partial charge on any atom is -0.506 e. The number of nitrogens with one attached hydrogen (secondary N) is 6. The average Bonchev–Trinajstić information content (AvgIpc) is 1.73. The number of carbonyl (C=O) groups is 14. The second-order valence-corrected chi connectivity index (χ2v) is 34.9. The molecule has 662 valence electrons. The molecule has 6 rings (SSSR count). The Bertz CT molecular complexity index is 3960. The van der Waals surface area contributed by atoms with E-state index in [0.29, 0.717) is 36.8 Å². The number of carboxylic acid groups (broad SMARTS) is 2. The molecule has 2 aromatic heterocycles. The molecule has 2 aliphatic rings. The molecule has 0 spiro atoms. The van der Waals surface area contributed by atoms with Gasteiger partial charge in [-0.05, 0) is 138 Å². The van der Waals surface area contributed by atoms with Crippen LogP contribution in [0.3, 0.4) is 0 Å². The zero-order valence-corrected chi connectivity index (χ0v) is 73.9. The van der Waals surface area contributed by atoms with Crippen LogP contribution in [-0.4, -0.2) is 222 Å². The Labute approximate surface area is 711 Å². The minimum absolute atomic E-state index is 0.00900. The van der Waals surface area contributed by atoms with E-state index >= 15 is 0 Å². The van der Waals surface area contributed by atoms with Gasteiger partial charge in [0.25, 0.3) is 11.8 Å². The Morgan fingerprint density at radius 3 is 1.18 bits per heavy atom. The second kappa shape index (κ2) is 47.4. The lowest BCUT2D eigenvalue weighted by Crippen LogP contribution is -2.58. The maximum Gasteiger partial charge on any atom is 0.306 e. The highest BCUT2D eigenvalue weighted by molar-refractivity contribution is 7.10. The first-order valence-corrected chi connectivity index (χ1v) is 43.5. The summed E-state index contributed by atoms with van der Waals surface area (Å²) >= 11 is 2.11. The third-order valence-corrected chi connectivity index (χ3v) is 24.8.